The number of hydrogen-bond acceptors (Lipinski definition) is 2. The van der Waals surface area contributed by atoms with Gasteiger partial charge in [0, 0.05) is 11.7 Å². The van der Waals surface area contributed by atoms with Crippen molar-refractivity contribution < 1.29 is 14.5 Å². The number of carbonyl (C=O) groups excluding carboxylic acids is 2. The summed E-state index contributed by atoms with van der Waals surface area (Å²) in [6.45, 7) is 6.84. The van der Waals surface area contributed by atoms with E-state index in [1.54, 1.807) is 0 Å². The number of hydrogen-bond donors (Lipinski definition) is 3. The molecule has 1 aliphatic carbocycles. The van der Waals surface area contributed by atoms with Gasteiger partial charge in [-0.05, 0) is 49.8 Å². The van der Waals surface area contributed by atoms with Crippen molar-refractivity contribution >= 4 is 17.5 Å². The smallest absolute Gasteiger partial charge is 0.279 e. The summed E-state index contributed by atoms with van der Waals surface area (Å²) in [7, 11) is 1.88. The Hall–Kier alpha value is -1.88. The summed E-state index contributed by atoms with van der Waals surface area (Å²) < 4.78 is 0. The van der Waals surface area contributed by atoms with Crippen LogP contribution in [0.3, 0.4) is 0 Å². The minimum absolute atomic E-state index is 0.0378. The fourth-order valence-corrected chi connectivity index (χ4v) is 3.48. The quantitative estimate of drug-likeness (QED) is 0.730. The predicted octanol–water partition coefficient (Wildman–Crippen LogP) is 1.45. The third kappa shape index (κ3) is 5.85. The molecule has 5 nitrogen and oxygen atoms in total. The molecule has 1 aliphatic rings. The summed E-state index contributed by atoms with van der Waals surface area (Å²) in [5.74, 6) is 0.520. The van der Waals surface area contributed by atoms with Gasteiger partial charge in [-0.1, -0.05) is 31.9 Å². The van der Waals surface area contributed by atoms with Crippen LogP contribution in [0.4, 0.5) is 5.69 Å². The monoisotopic (exact) mass is 346 g/mol. The summed E-state index contributed by atoms with van der Waals surface area (Å²) in [5, 5.41) is 6.10. The van der Waals surface area contributed by atoms with E-state index in [0.29, 0.717) is 12.5 Å². The topological polar surface area (TPSA) is 62.6 Å². The highest BCUT2D eigenvalue weighted by Gasteiger charge is 2.24. The van der Waals surface area contributed by atoms with Gasteiger partial charge in [-0.15, -0.1) is 0 Å². The van der Waals surface area contributed by atoms with E-state index in [9.17, 15) is 9.59 Å². The number of carbonyl (C=O) groups is 2. The molecule has 1 aromatic carbocycles. The zero-order chi connectivity index (χ0) is 18.4. The Labute approximate surface area is 151 Å². The van der Waals surface area contributed by atoms with Gasteiger partial charge in [-0.25, -0.2) is 0 Å². The van der Waals surface area contributed by atoms with Gasteiger partial charge in [0.25, 0.3) is 11.8 Å². The highest BCUT2D eigenvalue weighted by molar-refractivity contribution is 5.92. The number of aryl methyl sites for hydroxylation is 1. The zero-order valence-electron chi connectivity index (χ0n) is 15.9. The minimum atomic E-state index is -0.0648. The molecule has 138 valence electrons. The van der Waals surface area contributed by atoms with Gasteiger partial charge >= 0.3 is 0 Å². The maximum absolute atomic E-state index is 12.2. The molecule has 1 aromatic rings. The highest BCUT2D eigenvalue weighted by atomic mass is 16.2. The Morgan fingerprint density at radius 3 is 2.52 bits per heavy atom. The zero-order valence-corrected chi connectivity index (χ0v) is 15.9. The van der Waals surface area contributed by atoms with Crippen LogP contribution in [-0.4, -0.2) is 38.0 Å². The summed E-state index contributed by atoms with van der Waals surface area (Å²) in [4.78, 5) is 25.4. The molecule has 2 amide bonds. The van der Waals surface area contributed by atoms with E-state index >= 15 is 0 Å². The number of anilines is 1. The molecule has 0 heterocycles. The summed E-state index contributed by atoms with van der Waals surface area (Å²) in [6.07, 6.45) is 4.71. The second-order valence-electron chi connectivity index (χ2n) is 7.54. The van der Waals surface area contributed by atoms with Crippen molar-refractivity contribution in [2.24, 2.45) is 5.92 Å². The van der Waals surface area contributed by atoms with Crippen molar-refractivity contribution in [3.63, 3.8) is 0 Å². The van der Waals surface area contributed by atoms with Crippen LogP contribution in [0, 0.1) is 19.8 Å². The molecule has 2 rings (SSSR count). The van der Waals surface area contributed by atoms with Gasteiger partial charge < -0.3 is 15.5 Å². The first-order chi connectivity index (χ1) is 11.9. The first kappa shape index (κ1) is 19.4. The van der Waals surface area contributed by atoms with Crippen LogP contribution in [0.25, 0.3) is 0 Å². The van der Waals surface area contributed by atoms with Gasteiger partial charge in [0.1, 0.15) is 0 Å². The third-order valence-electron chi connectivity index (χ3n) is 5.26. The number of quaternary nitrogens is 1. The molecular weight excluding hydrogens is 314 g/mol. The predicted molar refractivity (Wildman–Crippen MR) is 101 cm³/mol. The molecule has 25 heavy (non-hydrogen) atoms. The average Bonchev–Trinajstić information content (AvgIpc) is 2.53. The van der Waals surface area contributed by atoms with Crippen molar-refractivity contribution in [3.05, 3.63) is 29.3 Å². The molecule has 1 unspecified atom stereocenters. The SMILES string of the molecule is Cc1cccc(NC(=O)C[NH+](C)CC(=O)N[C@@H]2CCCC[C@@H]2C)c1C. The van der Waals surface area contributed by atoms with Gasteiger partial charge in [0.2, 0.25) is 0 Å². The lowest BCUT2D eigenvalue weighted by molar-refractivity contribution is -0.862. The largest absolute Gasteiger partial charge is 0.348 e. The van der Waals surface area contributed by atoms with E-state index in [4.69, 9.17) is 0 Å². The van der Waals surface area contributed by atoms with E-state index in [0.717, 1.165) is 28.1 Å². The van der Waals surface area contributed by atoms with Gasteiger partial charge in [0.05, 0.1) is 7.05 Å². The molecule has 1 saturated carbocycles. The molecule has 3 atom stereocenters. The molecule has 0 aromatic heterocycles. The first-order valence-electron chi connectivity index (χ1n) is 9.33. The highest BCUT2D eigenvalue weighted by Crippen LogP contribution is 2.23. The molecule has 0 saturated heterocycles. The molecule has 0 bridgehead atoms. The molecule has 1 fully saturated rings. The van der Waals surface area contributed by atoms with E-state index in [2.05, 4.69) is 17.6 Å². The lowest BCUT2D eigenvalue weighted by atomic mass is 9.86. The Kier molecular flexibility index (Phi) is 7.00. The molecule has 3 N–H and O–H groups in total. The van der Waals surface area contributed by atoms with Gasteiger partial charge in [-0.2, -0.15) is 0 Å². The first-order valence-corrected chi connectivity index (χ1v) is 9.33. The van der Waals surface area contributed by atoms with Crippen molar-refractivity contribution in [2.45, 2.75) is 52.5 Å². The van der Waals surface area contributed by atoms with Crippen molar-refractivity contribution in [2.75, 3.05) is 25.5 Å². The summed E-state index contributed by atoms with van der Waals surface area (Å²) >= 11 is 0. The summed E-state index contributed by atoms with van der Waals surface area (Å²) in [5.41, 5.74) is 3.08. The molecule has 0 spiro atoms. The molecule has 0 aliphatic heterocycles. The Morgan fingerprint density at radius 2 is 1.80 bits per heavy atom. The number of nitrogens with one attached hydrogen (secondary N) is 3. The maximum atomic E-state index is 12.2. The standard InChI is InChI=1S/C20H31N3O2/c1-14-9-7-11-18(16(14)3)22-20(25)13-23(4)12-19(24)21-17-10-6-5-8-15(17)2/h7,9,11,15,17H,5-6,8,10,12-13H2,1-4H3,(H,21,24)(H,22,25)/p+1/t15-,17+/m0/s1. The van der Waals surface area contributed by atoms with Crippen LogP contribution in [0.5, 0.6) is 0 Å². The Bertz CT molecular complexity index is 615. The van der Waals surface area contributed by atoms with Gasteiger partial charge in [0.15, 0.2) is 13.1 Å². The van der Waals surface area contributed by atoms with E-state index in [1.807, 2.05) is 39.1 Å². The number of rotatable bonds is 6. The third-order valence-corrected chi connectivity index (χ3v) is 5.26. The molecule has 5 heteroatoms. The normalized spacial score (nSPS) is 21.4. The Morgan fingerprint density at radius 1 is 1.12 bits per heavy atom. The fourth-order valence-electron chi connectivity index (χ4n) is 3.48. The second kappa shape index (κ2) is 8.99. The molecule has 0 radical (unpaired) electrons. The fraction of sp³-hybridized carbons (Fsp3) is 0.600. The maximum Gasteiger partial charge on any atom is 0.279 e. The van der Waals surface area contributed by atoms with Crippen LogP contribution in [-0.2, 0) is 9.59 Å². The van der Waals surface area contributed by atoms with Crippen molar-refractivity contribution in [1.82, 2.24) is 5.32 Å². The van der Waals surface area contributed by atoms with Crippen LogP contribution < -0.4 is 15.5 Å². The second-order valence-corrected chi connectivity index (χ2v) is 7.54. The number of amides is 2. The van der Waals surface area contributed by atoms with Gasteiger partial charge in [-0.3, -0.25) is 9.59 Å². The van der Waals surface area contributed by atoms with Crippen molar-refractivity contribution in [1.29, 1.82) is 0 Å². The lowest BCUT2D eigenvalue weighted by Crippen LogP contribution is -3.11. The van der Waals surface area contributed by atoms with Crippen molar-refractivity contribution in [3.8, 4) is 0 Å². The van der Waals surface area contributed by atoms with Crippen LogP contribution in [0.15, 0.2) is 18.2 Å². The number of benzene rings is 1. The number of likely N-dealkylation sites (N-methyl/N-ethyl adjacent to an activating group) is 1. The summed E-state index contributed by atoms with van der Waals surface area (Å²) in [6, 6.07) is 6.16. The lowest BCUT2D eigenvalue weighted by Gasteiger charge is -2.29. The van der Waals surface area contributed by atoms with E-state index < -0.39 is 0 Å². The minimum Gasteiger partial charge on any atom is -0.348 e. The van der Waals surface area contributed by atoms with E-state index in [-0.39, 0.29) is 24.4 Å². The van der Waals surface area contributed by atoms with Crippen LogP contribution in [0.1, 0.15) is 43.7 Å². The molecular formula is C20H32N3O2+. The van der Waals surface area contributed by atoms with E-state index in [1.165, 1.54) is 19.3 Å². The Balaban J connectivity index is 1.78. The average molecular weight is 346 g/mol. The van der Waals surface area contributed by atoms with Crippen LogP contribution >= 0.6 is 0 Å². The van der Waals surface area contributed by atoms with Crippen LogP contribution in [0.2, 0.25) is 0 Å².